The highest BCUT2D eigenvalue weighted by Crippen LogP contribution is 2.30. The van der Waals surface area contributed by atoms with E-state index in [1.165, 1.54) is 0 Å². The molecule has 0 amide bonds. The number of hydrogen-bond acceptors (Lipinski definition) is 6. The quantitative estimate of drug-likeness (QED) is 0.157. The number of allylic oxidation sites excluding steroid dienone is 6. The number of rotatable bonds is 9. The fourth-order valence-electron chi connectivity index (χ4n) is 4.10. The van der Waals surface area contributed by atoms with Crippen molar-refractivity contribution in [3.63, 3.8) is 0 Å². The van der Waals surface area contributed by atoms with E-state index in [-0.39, 0.29) is 11.5 Å². The molecule has 1 atom stereocenters. The van der Waals surface area contributed by atoms with Crippen molar-refractivity contribution in [2.45, 2.75) is 33.6 Å². The Morgan fingerprint density at radius 3 is 2.92 bits per heavy atom. The molecule has 2 aromatic heterocycles. The minimum absolute atomic E-state index is 0.0491. The van der Waals surface area contributed by atoms with Gasteiger partial charge in [-0.1, -0.05) is 54.5 Å². The molecule has 3 N–H and O–H groups in total. The number of nitrogens with zero attached hydrogens (tertiary/aromatic N) is 3. The van der Waals surface area contributed by atoms with Gasteiger partial charge in [0.2, 0.25) is 11.7 Å². The highest BCUT2D eigenvalue weighted by Gasteiger charge is 2.20. The molecule has 0 saturated heterocycles. The Bertz CT molecular complexity index is 1510. The van der Waals surface area contributed by atoms with Crippen molar-refractivity contribution in [3.8, 4) is 0 Å². The van der Waals surface area contributed by atoms with E-state index >= 15 is 0 Å². The number of Topliss-reactive ketones (excluding diaryl/α,β-unsaturated/α-hetero) is 1. The lowest BCUT2D eigenvalue weighted by Crippen LogP contribution is -2.16. The Hall–Kier alpha value is -4.10. The van der Waals surface area contributed by atoms with Crippen molar-refractivity contribution in [3.05, 3.63) is 88.9 Å². The Morgan fingerprint density at radius 1 is 1.38 bits per heavy atom. The maximum Gasteiger partial charge on any atom is 0.227 e. The van der Waals surface area contributed by atoms with Crippen LogP contribution in [0.15, 0.2) is 77.5 Å². The van der Waals surface area contributed by atoms with Crippen LogP contribution in [0.3, 0.4) is 0 Å². The molecule has 0 fully saturated rings. The first-order chi connectivity index (χ1) is 17.7. The summed E-state index contributed by atoms with van der Waals surface area (Å²) in [6.45, 7) is 9.76. The number of fused-ring (bicyclic) bond motifs is 1. The number of benzene rings is 1. The van der Waals surface area contributed by atoms with Crippen molar-refractivity contribution in [2.24, 2.45) is 10.9 Å². The Morgan fingerprint density at radius 2 is 2.19 bits per heavy atom. The number of nitrogens with one attached hydrogen (secondary N) is 3. The largest absolute Gasteiger partial charge is 0.351 e. The van der Waals surface area contributed by atoms with Crippen LogP contribution in [-0.4, -0.2) is 32.7 Å². The topological polar surface area (TPSA) is 107 Å². The second-order valence-corrected chi connectivity index (χ2v) is 9.46. The first kappa shape index (κ1) is 26.0. The molecule has 2 heterocycles. The molecule has 1 aliphatic rings. The lowest BCUT2D eigenvalue weighted by Gasteiger charge is -2.16. The molecule has 0 spiro atoms. The van der Waals surface area contributed by atoms with E-state index in [9.17, 15) is 4.79 Å². The molecule has 0 radical (unpaired) electrons. The molecular formula is C29H29ClN6O. The van der Waals surface area contributed by atoms with Crippen molar-refractivity contribution in [1.82, 2.24) is 15.0 Å². The first-order valence-corrected chi connectivity index (χ1v) is 12.4. The number of aliphatic imine (C=N–C) groups is 1. The highest BCUT2D eigenvalue weighted by atomic mass is 35.5. The van der Waals surface area contributed by atoms with Gasteiger partial charge in [0.05, 0.1) is 33.3 Å². The summed E-state index contributed by atoms with van der Waals surface area (Å²) in [7, 11) is 0. The van der Waals surface area contributed by atoms with Gasteiger partial charge in [-0.2, -0.15) is 0 Å². The molecule has 8 heteroatoms. The van der Waals surface area contributed by atoms with Gasteiger partial charge in [0.25, 0.3) is 0 Å². The lowest BCUT2D eigenvalue weighted by atomic mass is 9.88. The number of H-pyrrole nitrogens is 1. The average Bonchev–Trinajstić information content (AvgIpc) is 3.29. The molecule has 0 saturated carbocycles. The van der Waals surface area contributed by atoms with Crippen LogP contribution in [0.2, 0.25) is 5.02 Å². The highest BCUT2D eigenvalue weighted by molar-refractivity contribution is 6.45. The van der Waals surface area contributed by atoms with Crippen LogP contribution in [0.5, 0.6) is 0 Å². The minimum atomic E-state index is -0.339. The Kier molecular flexibility index (Phi) is 7.94. The molecule has 3 aromatic rings. The second-order valence-electron chi connectivity index (χ2n) is 9.05. The fraction of sp³-hybridized carbons (Fsp3) is 0.207. The first-order valence-electron chi connectivity index (χ1n) is 12.0. The van der Waals surface area contributed by atoms with Gasteiger partial charge in [0.1, 0.15) is 0 Å². The molecule has 4 rings (SSSR count). The summed E-state index contributed by atoms with van der Waals surface area (Å²) in [5, 5.41) is 12.8. The number of aromatic amines is 1. The van der Waals surface area contributed by atoms with Gasteiger partial charge in [-0.25, -0.2) is 9.97 Å². The van der Waals surface area contributed by atoms with E-state index in [0.717, 1.165) is 23.0 Å². The summed E-state index contributed by atoms with van der Waals surface area (Å²) in [4.78, 5) is 29.4. The summed E-state index contributed by atoms with van der Waals surface area (Å²) < 4.78 is 0. The van der Waals surface area contributed by atoms with E-state index in [1.54, 1.807) is 30.6 Å². The summed E-state index contributed by atoms with van der Waals surface area (Å²) >= 11 is 6.55. The molecule has 37 heavy (non-hydrogen) atoms. The Balaban J connectivity index is 1.57. The van der Waals surface area contributed by atoms with Gasteiger partial charge in [-0.3, -0.25) is 9.79 Å². The molecule has 0 bridgehead atoms. The summed E-state index contributed by atoms with van der Waals surface area (Å²) in [6.07, 6.45) is 12.5. The van der Waals surface area contributed by atoms with E-state index < -0.39 is 0 Å². The van der Waals surface area contributed by atoms with Gasteiger partial charge >= 0.3 is 0 Å². The number of halogens is 1. The van der Waals surface area contributed by atoms with Gasteiger partial charge in [0.15, 0.2) is 0 Å². The van der Waals surface area contributed by atoms with Crippen molar-refractivity contribution < 1.29 is 4.79 Å². The number of ketones is 1. The average molecular weight is 513 g/mol. The summed E-state index contributed by atoms with van der Waals surface area (Å²) in [6, 6.07) is 7.11. The third-order valence-electron chi connectivity index (χ3n) is 5.97. The number of hydrogen-bond donors (Lipinski definition) is 3. The van der Waals surface area contributed by atoms with Crippen LogP contribution in [0.4, 0.5) is 11.6 Å². The number of aromatic nitrogens is 3. The summed E-state index contributed by atoms with van der Waals surface area (Å²) in [5.41, 5.74) is 4.97. The predicted molar refractivity (Wildman–Crippen MR) is 153 cm³/mol. The molecule has 7 nitrogen and oxygen atoms in total. The van der Waals surface area contributed by atoms with Crippen molar-refractivity contribution >= 4 is 57.5 Å². The number of anilines is 2. The van der Waals surface area contributed by atoms with Gasteiger partial charge in [-0.05, 0) is 56.5 Å². The summed E-state index contributed by atoms with van der Waals surface area (Å²) in [5.74, 6) is 0.365. The smallest absolute Gasteiger partial charge is 0.227 e. The Labute approximate surface area is 221 Å². The fourth-order valence-corrected chi connectivity index (χ4v) is 4.38. The zero-order valence-corrected chi connectivity index (χ0v) is 21.9. The maximum absolute atomic E-state index is 13.0. The van der Waals surface area contributed by atoms with Crippen molar-refractivity contribution in [2.75, 3.05) is 5.32 Å². The third kappa shape index (κ3) is 6.19. The monoisotopic (exact) mass is 512 g/mol. The van der Waals surface area contributed by atoms with Crippen molar-refractivity contribution in [1.29, 1.82) is 5.41 Å². The van der Waals surface area contributed by atoms with Gasteiger partial charge in [-0.15, -0.1) is 0 Å². The normalized spacial score (nSPS) is 15.7. The number of carbonyl (C=O) groups is 1. The predicted octanol–water partition coefficient (Wildman–Crippen LogP) is 7.48. The van der Waals surface area contributed by atoms with E-state index in [0.29, 0.717) is 51.6 Å². The minimum Gasteiger partial charge on any atom is -0.351 e. The zero-order chi connectivity index (χ0) is 26.5. The second kappa shape index (κ2) is 11.3. The van der Waals surface area contributed by atoms with Crippen LogP contribution >= 0.6 is 11.6 Å². The standard InChI is InChI=1S/C29H29ClN6O/c1-5-32-25(12-17(2)3)24-10-11-33-29(36-24)34-21-13-20-15-26(35-27(20)22(30)16-21)28(37)23(31)14-19-9-7-6-8-18(19)4/h5-7,9-13,15-16,18,31,35H,2,8,14H2,1,3-4H3,(H,33,34,36)/b25-12-,31-23?,32-5?. The van der Waals surface area contributed by atoms with E-state index in [2.05, 4.69) is 44.8 Å². The zero-order valence-electron chi connectivity index (χ0n) is 21.1. The molecular weight excluding hydrogens is 484 g/mol. The third-order valence-corrected chi connectivity index (χ3v) is 6.27. The molecule has 1 aromatic carbocycles. The van der Waals surface area contributed by atoms with Gasteiger partial charge < -0.3 is 15.7 Å². The molecule has 1 unspecified atom stereocenters. The van der Waals surface area contributed by atoms with Crippen LogP contribution in [0.1, 0.15) is 49.8 Å². The van der Waals surface area contributed by atoms with Crippen LogP contribution in [0, 0.1) is 11.3 Å². The maximum atomic E-state index is 13.0. The number of carbonyl (C=O) groups excluding carboxylic acids is 1. The van der Waals surface area contributed by atoms with E-state index in [4.69, 9.17) is 17.0 Å². The van der Waals surface area contributed by atoms with Gasteiger partial charge in [0, 0.05) is 29.9 Å². The molecule has 0 aliphatic heterocycles. The van der Waals surface area contributed by atoms with E-state index in [1.807, 2.05) is 38.1 Å². The SMILES string of the molecule is C=C(C)/C=C(\N=CC)c1ccnc(Nc2cc(Cl)c3[nH]c(C(=O)C(=N)CC4=CC=CCC4C)cc3c2)n1. The van der Waals surface area contributed by atoms with Crippen LogP contribution < -0.4 is 5.32 Å². The molecule has 1 aliphatic carbocycles. The van der Waals surface area contributed by atoms with Crippen LogP contribution in [-0.2, 0) is 0 Å². The molecule has 188 valence electrons. The lowest BCUT2D eigenvalue weighted by molar-refractivity contribution is 0.105. The van der Waals surface area contributed by atoms with Crippen LogP contribution in [0.25, 0.3) is 16.6 Å².